The van der Waals surface area contributed by atoms with Crippen LogP contribution in [0.2, 0.25) is 0 Å². The zero-order chi connectivity index (χ0) is 18.6. The summed E-state index contributed by atoms with van der Waals surface area (Å²) < 4.78 is 13.5. The van der Waals surface area contributed by atoms with Crippen molar-refractivity contribution in [3.05, 3.63) is 83.3 Å². The van der Waals surface area contributed by atoms with Crippen LogP contribution >= 0.6 is 15.9 Å². The third-order valence-corrected chi connectivity index (χ3v) is 6.41. The molecule has 0 bridgehead atoms. The van der Waals surface area contributed by atoms with Gasteiger partial charge in [-0.25, -0.2) is 0 Å². The summed E-state index contributed by atoms with van der Waals surface area (Å²) in [7, 11) is -1.42. The van der Waals surface area contributed by atoms with Crippen molar-refractivity contribution in [3.63, 3.8) is 0 Å². The standard InChI is InChI=1S/C22H22BrO2Si/c1-22(2,3)24-17-14-15-20(23)21(16-17)25-26(18-10-6-4-7-11-18)19-12-8-5-9-13-19/h4-16H,1-3H3. The number of hydrogen-bond acceptors (Lipinski definition) is 2. The van der Waals surface area contributed by atoms with E-state index in [1.54, 1.807) is 0 Å². The molecular formula is C22H22BrO2Si. The third kappa shape index (κ3) is 4.99. The molecule has 0 N–H and O–H groups in total. The molecule has 0 atom stereocenters. The van der Waals surface area contributed by atoms with Crippen LogP contribution in [0.4, 0.5) is 0 Å². The number of ether oxygens (including phenoxy) is 1. The topological polar surface area (TPSA) is 18.5 Å². The van der Waals surface area contributed by atoms with E-state index in [2.05, 4.69) is 64.5 Å². The molecule has 0 saturated heterocycles. The molecule has 26 heavy (non-hydrogen) atoms. The van der Waals surface area contributed by atoms with Gasteiger partial charge in [-0.2, -0.15) is 0 Å². The zero-order valence-corrected chi connectivity index (χ0v) is 17.8. The molecule has 1 radical (unpaired) electrons. The Kier molecular flexibility index (Phi) is 5.84. The van der Waals surface area contributed by atoms with E-state index in [0.29, 0.717) is 0 Å². The zero-order valence-electron chi connectivity index (χ0n) is 15.2. The molecule has 4 heteroatoms. The van der Waals surface area contributed by atoms with Crippen molar-refractivity contribution in [3.8, 4) is 11.5 Å². The van der Waals surface area contributed by atoms with Crippen molar-refractivity contribution in [1.29, 1.82) is 0 Å². The second kappa shape index (κ2) is 8.10. The molecule has 0 aromatic heterocycles. The molecule has 3 aromatic carbocycles. The molecular weight excluding hydrogens is 404 g/mol. The van der Waals surface area contributed by atoms with Gasteiger partial charge in [-0.15, -0.1) is 0 Å². The molecule has 3 aromatic rings. The van der Waals surface area contributed by atoms with Gasteiger partial charge in [-0.3, -0.25) is 0 Å². The maximum Gasteiger partial charge on any atom is 0.352 e. The highest BCUT2D eigenvalue weighted by atomic mass is 79.9. The smallest absolute Gasteiger partial charge is 0.352 e. The van der Waals surface area contributed by atoms with E-state index in [9.17, 15) is 0 Å². The van der Waals surface area contributed by atoms with Crippen molar-refractivity contribution >= 4 is 35.3 Å². The molecule has 3 rings (SSSR count). The Morgan fingerprint density at radius 1 is 0.769 bits per heavy atom. The van der Waals surface area contributed by atoms with Gasteiger partial charge in [-0.05, 0) is 59.2 Å². The third-order valence-electron chi connectivity index (χ3n) is 3.61. The lowest BCUT2D eigenvalue weighted by Crippen LogP contribution is -2.47. The minimum Gasteiger partial charge on any atom is -0.532 e. The van der Waals surface area contributed by atoms with Gasteiger partial charge in [0.15, 0.2) is 0 Å². The van der Waals surface area contributed by atoms with Gasteiger partial charge in [-0.1, -0.05) is 60.7 Å². The van der Waals surface area contributed by atoms with Crippen LogP contribution in [0.5, 0.6) is 11.5 Å². The van der Waals surface area contributed by atoms with Crippen LogP contribution in [-0.4, -0.2) is 14.6 Å². The number of rotatable bonds is 5. The largest absolute Gasteiger partial charge is 0.532 e. The fourth-order valence-corrected chi connectivity index (χ4v) is 4.98. The number of halogens is 1. The normalized spacial score (nSPS) is 11.4. The van der Waals surface area contributed by atoms with Gasteiger partial charge in [0.1, 0.15) is 17.1 Å². The minimum atomic E-state index is -1.42. The quantitative estimate of drug-likeness (QED) is 0.545. The van der Waals surface area contributed by atoms with Crippen LogP contribution in [0.15, 0.2) is 83.3 Å². The summed E-state index contributed by atoms with van der Waals surface area (Å²) in [5.41, 5.74) is -0.252. The van der Waals surface area contributed by atoms with E-state index in [1.165, 1.54) is 10.4 Å². The lowest BCUT2D eigenvalue weighted by Gasteiger charge is -2.23. The van der Waals surface area contributed by atoms with Crippen molar-refractivity contribution in [2.24, 2.45) is 0 Å². The lowest BCUT2D eigenvalue weighted by atomic mass is 10.2. The Morgan fingerprint density at radius 3 is 1.81 bits per heavy atom. The first-order valence-electron chi connectivity index (χ1n) is 8.56. The Hall–Kier alpha value is -2.04. The van der Waals surface area contributed by atoms with Gasteiger partial charge in [0.05, 0.1) is 4.47 Å². The van der Waals surface area contributed by atoms with Crippen LogP contribution in [-0.2, 0) is 0 Å². The highest BCUT2D eigenvalue weighted by molar-refractivity contribution is 9.10. The molecule has 0 saturated carbocycles. The summed E-state index contributed by atoms with van der Waals surface area (Å²) in [6, 6.07) is 26.7. The average molecular weight is 426 g/mol. The van der Waals surface area contributed by atoms with Crippen molar-refractivity contribution in [2.75, 3.05) is 0 Å². The van der Waals surface area contributed by atoms with Crippen LogP contribution < -0.4 is 19.5 Å². The molecule has 0 aliphatic rings. The van der Waals surface area contributed by atoms with E-state index >= 15 is 0 Å². The van der Waals surface area contributed by atoms with Gasteiger partial charge in [0.2, 0.25) is 0 Å². The number of hydrogen-bond donors (Lipinski definition) is 0. The van der Waals surface area contributed by atoms with Crippen molar-refractivity contribution in [1.82, 2.24) is 0 Å². The second-order valence-electron chi connectivity index (χ2n) is 6.97. The molecule has 0 aliphatic heterocycles. The Labute approximate surface area is 165 Å². The first-order chi connectivity index (χ1) is 12.4. The molecule has 0 fully saturated rings. The summed E-state index contributed by atoms with van der Waals surface area (Å²) >= 11 is 3.62. The van der Waals surface area contributed by atoms with Crippen LogP contribution in [0.25, 0.3) is 0 Å². The molecule has 0 heterocycles. The van der Waals surface area contributed by atoms with Gasteiger partial charge in [0.25, 0.3) is 0 Å². The summed E-state index contributed by atoms with van der Waals surface area (Å²) in [6.45, 7) is 6.12. The molecule has 0 amide bonds. The minimum absolute atomic E-state index is 0.252. The molecule has 0 spiro atoms. The van der Waals surface area contributed by atoms with E-state index in [4.69, 9.17) is 9.16 Å². The fourth-order valence-electron chi connectivity index (χ4n) is 2.55. The summed E-state index contributed by atoms with van der Waals surface area (Å²) in [6.07, 6.45) is 0. The van der Waals surface area contributed by atoms with E-state index in [0.717, 1.165) is 16.0 Å². The monoisotopic (exact) mass is 425 g/mol. The average Bonchev–Trinajstić information content (AvgIpc) is 2.62. The highest BCUT2D eigenvalue weighted by Gasteiger charge is 2.23. The maximum absolute atomic E-state index is 6.55. The molecule has 133 valence electrons. The number of benzene rings is 3. The van der Waals surface area contributed by atoms with E-state index in [1.807, 2.05) is 51.1 Å². The molecule has 0 unspecified atom stereocenters. The van der Waals surface area contributed by atoms with Crippen LogP contribution in [0, 0.1) is 0 Å². The maximum atomic E-state index is 6.55. The highest BCUT2D eigenvalue weighted by Crippen LogP contribution is 2.31. The summed E-state index contributed by atoms with van der Waals surface area (Å²) in [5.74, 6) is 1.60. The van der Waals surface area contributed by atoms with Gasteiger partial charge < -0.3 is 9.16 Å². The summed E-state index contributed by atoms with van der Waals surface area (Å²) in [5, 5.41) is 2.41. The van der Waals surface area contributed by atoms with Gasteiger partial charge >= 0.3 is 9.04 Å². The molecule has 0 aliphatic carbocycles. The summed E-state index contributed by atoms with van der Waals surface area (Å²) in [4.78, 5) is 0. The van der Waals surface area contributed by atoms with E-state index < -0.39 is 9.04 Å². The molecule has 2 nitrogen and oxygen atoms in total. The fraction of sp³-hybridized carbons (Fsp3) is 0.182. The van der Waals surface area contributed by atoms with Crippen LogP contribution in [0.1, 0.15) is 20.8 Å². The predicted octanol–water partition coefficient (Wildman–Crippen LogP) is 4.81. The predicted molar refractivity (Wildman–Crippen MR) is 113 cm³/mol. The first kappa shape index (κ1) is 18.7. The van der Waals surface area contributed by atoms with Crippen molar-refractivity contribution in [2.45, 2.75) is 26.4 Å². The second-order valence-corrected chi connectivity index (χ2v) is 9.84. The van der Waals surface area contributed by atoms with Crippen LogP contribution in [0.3, 0.4) is 0 Å². The first-order valence-corrected chi connectivity index (χ1v) is 10.8. The Balaban J connectivity index is 1.96. The SMILES string of the molecule is CC(C)(C)Oc1ccc(Br)c(O[Si](c2ccccc2)c2ccccc2)c1. The lowest BCUT2D eigenvalue weighted by molar-refractivity contribution is 0.130. The Bertz CT molecular complexity index is 806. The van der Waals surface area contributed by atoms with Gasteiger partial charge in [0, 0.05) is 6.07 Å². The van der Waals surface area contributed by atoms with Crippen molar-refractivity contribution < 1.29 is 9.16 Å². The van der Waals surface area contributed by atoms with E-state index in [-0.39, 0.29) is 5.60 Å². The Morgan fingerprint density at radius 2 is 1.31 bits per heavy atom.